The van der Waals surface area contributed by atoms with Gasteiger partial charge in [0, 0.05) is 39.9 Å². The number of hydrogen-bond donors (Lipinski definition) is 1. The molecule has 1 amide bonds. The van der Waals surface area contributed by atoms with Crippen molar-refractivity contribution in [2.45, 2.75) is 25.7 Å². The summed E-state index contributed by atoms with van der Waals surface area (Å²) in [7, 11) is 0. The summed E-state index contributed by atoms with van der Waals surface area (Å²) in [5.74, 6) is -4.84. The molecule has 1 saturated heterocycles. The average Bonchev–Trinajstić information content (AvgIpc) is 3.06. The highest BCUT2D eigenvalue weighted by atomic mass is 16.2. The van der Waals surface area contributed by atoms with E-state index >= 15 is 0 Å². The fourth-order valence-electron chi connectivity index (χ4n) is 2.05. The summed E-state index contributed by atoms with van der Waals surface area (Å²) in [4.78, 5) is 23.0. The lowest BCUT2D eigenvalue weighted by Crippen LogP contribution is -2.52. The van der Waals surface area contributed by atoms with Gasteiger partial charge in [0.1, 0.15) is 24.2 Å². The molecule has 120 valence electrons. The number of fused-ring (bicyclic) bond motifs is 1. The van der Waals surface area contributed by atoms with Gasteiger partial charge in [0.05, 0.1) is 21.6 Å². The molecular formula is C16H20N6O. The maximum absolute atomic E-state index is 12.7. The van der Waals surface area contributed by atoms with E-state index in [1.54, 1.807) is 0 Å². The Balaban J connectivity index is 2.47. The average molecular weight is 325 g/mol. The van der Waals surface area contributed by atoms with E-state index in [0.29, 0.717) is 0 Å². The molecule has 3 rings (SSSR count). The Morgan fingerprint density at radius 2 is 2.65 bits per heavy atom. The van der Waals surface area contributed by atoms with Crippen molar-refractivity contribution in [3.8, 4) is 6.07 Å². The molecule has 7 nitrogen and oxygen atoms in total. The van der Waals surface area contributed by atoms with Gasteiger partial charge in [0.15, 0.2) is 0 Å². The van der Waals surface area contributed by atoms with Gasteiger partial charge >= 0.3 is 0 Å². The predicted molar refractivity (Wildman–Crippen MR) is 86.7 cm³/mol. The van der Waals surface area contributed by atoms with Crippen LogP contribution in [0.3, 0.4) is 0 Å². The highest BCUT2D eigenvalue weighted by molar-refractivity contribution is 5.87. The van der Waals surface area contributed by atoms with Crippen LogP contribution in [0.5, 0.6) is 0 Å². The normalized spacial score (nSPS) is 37.2. The van der Waals surface area contributed by atoms with Gasteiger partial charge in [-0.3, -0.25) is 4.79 Å². The fourth-order valence-corrected chi connectivity index (χ4v) is 2.05. The lowest BCUT2D eigenvalue weighted by molar-refractivity contribution is -0.131. The molecule has 1 fully saturated rings. The third-order valence-electron chi connectivity index (χ3n) is 3.15. The first kappa shape index (κ1) is 6.11. The molecule has 7 heteroatoms. The Hall–Kier alpha value is -2.62. The summed E-state index contributed by atoms with van der Waals surface area (Å²) in [5.41, 5.74) is -0.0585. The zero-order valence-electron chi connectivity index (χ0n) is 24.7. The smallest absolute Gasteiger partial charge is 0.236 e. The quantitative estimate of drug-likeness (QED) is 0.925. The third-order valence-corrected chi connectivity index (χ3v) is 3.15. The standard InChI is InChI=1S/C16H20N6O/c1-11-5-8-22(14(23)3-6-17)9-13(11)21(2)16-12-4-7-18-15(12)19-10-20-16/h4,7,10-11,13H,3,5,8-9H2,1-2H3,(H,18,19,20)/t11-,13+/m1/s1/i1D3,2D3,4D,5D2,8D2,9D2. The lowest BCUT2D eigenvalue weighted by Gasteiger charge is -2.42. The number of aromatic amines is 1. The van der Waals surface area contributed by atoms with Gasteiger partial charge in [-0.25, -0.2) is 9.97 Å². The van der Waals surface area contributed by atoms with Gasteiger partial charge in [-0.05, 0) is 18.3 Å². The van der Waals surface area contributed by atoms with Crippen molar-refractivity contribution in [3.05, 3.63) is 18.6 Å². The van der Waals surface area contributed by atoms with Crippen LogP contribution in [0.1, 0.15) is 37.5 Å². The number of H-pyrrole nitrogens is 1. The van der Waals surface area contributed by atoms with Gasteiger partial charge in [-0.2, -0.15) is 5.26 Å². The maximum Gasteiger partial charge on any atom is 0.236 e. The topological polar surface area (TPSA) is 88.9 Å². The number of amides is 1. The zero-order valence-corrected chi connectivity index (χ0v) is 11.7. The molecule has 1 aliphatic rings. The molecule has 2 aromatic heterocycles. The van der Waals surface area contributed by atoms with Crippen molar-refractivity contribution in [3.63, 3.8) is 0 Å². The van der Waals surface area contributed by atoms with E-state index in [0.717, 1.165) is 12.5 Å². The first-order valence-electron chi connectivity index (χ1n) is 13.0. The number of hydrogen-bond acceptors (Lipinski definition) is 5. The fraction of sp³-hybridized carbons (Fsp3) is 0.500. The van der Waals surface area contributed by atoms with Crippen molar-refractivity contribution >= 4 is 22.8 Å². The molecule has 0 saturated carbocycles. The summed E-state index contributed by atoms with van der Waals surface area (Å²) in [6.45, 7) is -14.0. The SMILES string of the molecule is [2H]c1c[nH]c2ncnc(N([C@@H]3[C@H](C([2H])([2H])[2H])C([2H])([2H])C([2H])([2H])N(C(=O)CC#N)C3([2H])[2H])C([2H])([2H])[2H])c12. The van der Waals surface area contributed by atoms with Gasteiger partial charge < -0.3 is 14.8 Å². The number of likely N-dealkylation sites (N-methyl/N-ethyl adjacent to an activating group) is 1. The van der Waals surface area contributed by atoms with E-state index in [2.05, 4.69) is 15.0 Å². The number of aromatic nitrogens is 3. The van der Waals surface area contributed by atoms with E-state index < -0.39 is 63.3 Å². The number of likely N-dealkylation sites (tertiary alicyclic amines) is 1. The number of nitrogens with one attached hydrogen (secondary N) is 1. The first-order valence-corrected chi connectivity index (χ1v) is 6.50. The van der Waals surface area contributed by atoms with Gasteiger partial charge in [-0.15, -0.1) is 0 Å². The Labute approximate surface area is 153 Å². The highest BCUT2D eigenvalue weighted by Crippen LogP contribution is 2.28. The number of anilines is 1. The van der Waals surface area contributed by atoms with Crippen molar-refractivity contribution in [2.24, 2.45) is 5.92 Å². The van der Waals surface area contributed by atoms with Crippen LogP contribution in [0.15, 0.2) is 18.6 Å². The number of rotatable bonds is 3. The lowest BCUT2D eigenvalue weighted by atomic mass is 9.92. The van der Waals surface area contributed by atoms with Gasteiger partial charge in [0.2, 0.25) is 5.91 Å². The van der Waals surface area contributed by atoms with Crippen LogP contribution in [0.2, 0.25) is 0 Å². The van der Waals surface area contributed by atoms with Crippen LogP contribution in [0, 0.1) is 17.2 Å². The number of carbonyl (C=O) groups is 1. The minimum absolute atomic E-state index is 0.0585. The van der Waals surface area contributed by atoms with Gasteiger partial charge in [0.25, 0.3) is 0 Å². The summed E-state index contributed by atoms with van der Waals surface area (Å²) < 4.78 is 107. The van der Waals surface area contributed by atoms with Crippen molar-refractivity contribution in [1.29, 1.82) is 5.26 Å². The molecule has 2 aromatic rings. The summed E-state index contributed by atoms with van der Waals surface area (Å²) in [5, 5.41) is 8.71. The summed E-state index contributed by atoms with van der Waals surface area (Å²) in [6.07, 6.45) is -2.67. The molecule has 2 atom stereocenters. The second-order valence-electron chi connectivity index (χ2n) is 4.60. The number of carbonyl (C=O) groups excluding carboxylic acids is 1. The maximum atomic E-state index is 12.7. The summed E-state index contributed by atoms with van der Waals surface area (Å²) in [6, 6.07) is -1.52. The third kappa shape index (κ3) is 2.84. The monoisotopic (exact) mass is 325 g/mol. The molecule has 3 heterocycles. The number of piperidine rings is 1. The molecule has 1 N–H and O–H groups in total. The second kappa shape index (κ2) is 6.24. The van der Waals surface area contributed by atoms with Crippen molar-refractivity contribution < 1.29 is 22.6 Å². The molecule has 0 bridgehead atoms. The zero-order chi connectivity index (χ0) is 27.6. The molecule has 0 radical (unpaired) electrons. The van der Waals surface area contributed by atoms with E-state index in [1.807, 2.05) is 0 Å². The van der Waals surface area contributed by atoms with Crippen LogP contribution in [0.25, 0.3) is 11.0 Å². The summed E-state index contributed by atoms with van der Waals surface area (Å²) >= 11 is 0. The second-order valence-corrected chi connectivity index (χ2v) is 4.60. The van der Waals surface area contributed by atoms with Crippen molar-refractivity contribution in [2.75, 3.05) is 24.9 Å². The molecule has 1 aliphatic heterocycles. The van der Waals surface area contributed by atoms with Crippen molar-refractivity contribution in [1.82, 2.24) is 19.9 Å². The Bertz CT molecular complexity index is 1210. The van der Waals surface area contributed by atoms with E-state index in [9.17, 15) is 4.79 Å². The van der Waals surface area contributed by atoms with Crippen LogP contribution < -0.4 is 4.90 Å². The highest BCUT2D eigenvalue weighted by Gasteiger charge is 2.32. The predicted octanol–water partition coefficient (Wildman–Crippen LogP) is 1.54. The van der Waals surface area contributed by atoms with Crippen LogP contribution >= 0.6 is 0 Å². The van der Waals surface area contributed by atoms with Gasteiger partial charge in [-0.1, -0.05) is 6.85 Å². The largest absolute Gasteiger partial charge is 0.354 e. The number of nitrogens with zero attached hydrogens (tertiary/aromatic N) is 5. The Kier molecular flexibility index (Phi) is 1.66. The molecule has 0 aromatic carbocycles. The van der Waals surface area contributed by atoms with Crippen LogP contribution in [0.4, 0.5) is 5.82 Å². The Morgan fingerprint density at radius 3 is 3.43 bits per heavy atom. The minimum Gasteiger partial charge on any atom is -0.354 e. The molecular weight excluding hydrogens is 292 g/mol. The van der Waals surface area contributed by atoms with Crippen LogP contribution in [-0.2, 0) is 4.79 Å². The van der Waals surface area contributed by atoms with Crippen LogP contribution in [-0.4, -0.2) is 51.8 Å². The molecule has 0 aliphatic carbocycles. The molecule has 0 unspecified atom stereocenters. The number of nitriles is 1. The van der Waals surface area contributed by atoms with E-state index in [1.165, 1.54) is 6.07 Å². The molecule has 0 spiro atoms. The first-order chi connectivity index (χ1) is 16.2. The Morgan fingerprint density at radius 1 is 1.74 bits per heavy atom. The molecule has 23 heavy (non-hydrogen) atoms. The van der Waals surface area contributed by atoms with E-state index in [4.69, 9.17) is 23.1 Å². The van der Waals surface area contributed by atoms with E-state index in [-0.39, 0.29) is 26.9 Å². The minimum atomic E-state index is -3.62.